The van der Waals surface area contributed by atoms with Crippen LogP contribution in [0, 0.1) is 5.92 Å². The van der Waals surface area contributed by atoms with E-state index in [0.29, 0.717) is 71.6 Å². The van der Waals surface area contributed by atoms with Gasteiger partial charge in [0.25, 0.3) is 11.5 Å². The van der Waals surface area contributed by atoms with E-state index in [-0.39, 0.29) is 17.3 Å². The molecule has 1 aliphatic heterocycles. The van der Waals surface area contributed by atoms with Gasteiger partial charge in [-0.2, -0.15) is 0 Å². The highest BCUT2D eigenvalue weighted by Gasteiger charge is 2.26. The Balaban J connectivity index is 1.13. The normalized spacial score (nSPS) is 15.3. The number of amides is 2. The van der Waals surface area contributed by atoms with Crippen molar-refractivity contribution in [3.05, 3.63) is 106 Å². The number of carbonyl (C=O) groups is 3. The number of Topliss-reactive ketones (excluding diaryl/α,β-unsaturated/α-hetero) is 1. The van der Waals surface area contributed by atoms with Crippen molar-refractivity contribution < 1.29 is 19.1 Å². The lowest BCUT2D eigenvalue weighted by Crippen LogP contribution is -2.33. The molecule has 0 bridgehead atoms. The average Bonchev–Trinajstić information content (AvgIpc) is 3.03. The fourth-order valence-electron chi connectivity index (χ4n) is 5.91. The van der Waals surface area contributed by atoms with Gasteiger partial charge in [0.15, 0.2) is 5.78 Å². The van der Waals surface area contributed by atoms with E-state index in [9.17, 15) is 19.2 Å². The van der Waals surface area contributed by atoms with Crippen molar-refractivity contribution in [3.8, 4) is 17.2 Å². The standard InChI is InChI=1S/C35H35N5O5/c1-39-18-15-23(16-19-39)20-33(42)38-32-21-27(14-17-36-32)45-26-12-10-24(11-13-26)37-34(43)29-22-28-30(8-5-9-31(28)41)40(35(29)44)25-6-3-2-4-7-25/h2-4,6-7,10-14,17,21-23H,5,8-9,15-16,18-20H2,1H3,(H,37,43)(H,36,38,42). The van der Waals surface area contributed by atoms with Gasteiger partial charge in [-0.3, -0.25) is 23.7 Å². The van der Waals surface area contributed by atoms with Crippen molar-refractivity contribution in [1.29, 1.82) is 0 Å². The highest BCUT2D eigenvalue weighted by Crippen LogP contribution is 2.27. The van der Waals surface area contributed by atoms with Gasteiger partial charge in [-0.1, -0.05) is 18.2 Å². The van der Waals surface area contributed by atoms with Crippen molar-refractivity contribution >= 4 is 29.1 Å². The van der Waals surface area contributed by atoms with Gasteiger partial charge < -0.3 is 20.3 Å². The van der Waals surface area contributed by atoms with Crippen LogP contribution in [0.15, 0.2) is 83.8 Å². The van der Waals surface area contributed by atoms with Crippen LogP contribution in [0.2, 0.25) is 0 Å². The third-order valence-corrected chi connectivity index (χ3v) is 8.34. The highest BCUT2D eigenvalue weighted by atomic mass is 16.5. The van der Waals surface area contributed by atoms with Crippen molar-refractivity contribution in [3.63, 3.8) is 0 Å². The van der Waals surface area contributed by atoms with Gasteiger partial charge in [0.2, 0.25) is 5.91 Å². The molecule has 1 fully saturated rings. The SMILES string of the molecule is CN1CCC(CC(=O)Nc2cc(Oc3ccc(NC(=O)c4cc5c(n(-c6ccccc6)c4=O)CCCC5=O)cc3)ccn2)CC1. The van der Waals surface area contributed by atoms with E-state index in [0.717, 1.165) is 25.9 Å². The van der Waals surface area contributed by atoms with Crippen LogP contribution >= 0.6 is 0 Å². The number of ketones is 1. The Kier molecular flexibility index (Phi) is 8.84. The van der Waals surface area contributed by atoms with Crippen LogP contribution in [0.1, 0.15) is 58.5 Å². The number of nitrogens with zero attached hydrogens (tertiary/aromatic N) is 3. The van der Waals surface area contributed by atoms with E-state index in [4.69, 9.17) is 4.74 Å². The molecule has 0 radical (unpaired) electrons. The number of aromatic nitrogens is 2. The zero-order valence-corrected chi connectivity index (χ0v) is 25.1. The van der Waals surface area contributed by atoms with Crippen LogP contribution in [0.4, 0.5) is 11.5 Å². The Morgan fingerprint density at radius 3 is 2.42 bits per heavy atom. The molecule has 0 spiro atoms. The molecule has 230 valence electrons. The lowest BCUT2D eigenvalue weighted by molar-refractivity contribution is -0.117. The minimum Gasteiger partial charge on any atom is -0.457 e. The number of carbonyl (C=O) groups excluding carboxylic acids is 3. The minimum atomic E-state index is -0.603. The second-order valence-electron chi connectivity index (χ2n) is 11.6. The molecule has 1 aliphatic carbocycles. The van der Waals surface area contributed by atoms with Crippen molar-refractivity contribution in [2.45, 2.75) is 38.5 Å². The largest absolute Gasteiger partial charge is 0.457 e. The molecule has 1 saturated heterocycles. The minimum absolute atomic E-state index is 0.0619. The Morgan fingerprint density at radius 1 is 0.911 bits per heavy atom. The zero-order chi connectivity index (χ0) is 31.3. The molecule has 10 heteroatoms. The molecule has 0 atom stereocenters. The highest BCUT2D eigenvalue weighted by molar-refractivity contribution is 6.06. The number of hydrogen-bond donors (Lipinski definition) is 2. The predicted molar refractivity (Wildman–Crippen MR) is 171 cm³/mol. The third kappa shape index (κ3) is 7.02. The van der Waals surface area contributed by atoms with Gasteiger partial charge >= 0.3 is 0 Å². The van der Waals surface area contributed by atoms with Crippen molar-refractivity contribution in [2.24, 2.45) is 5.92 Å². The topological polar surface area (TPSA) is 123 Å². The van der Waals surface area contributed by atoms with Gasteiger partial charge in [-0.25, -0.2) is 4.98 Å². The Labute approximate surface area is 261 Å². The molecule has 2 N–H and O–H groups in total. The van der Waals surface area contributed by atoms with Gasteiger partial charge in [0.05, 0.1) is 0 Å². The number of piperidine rings is 1. The average molecular weight is 606 g/mol. The summed E-state index contributed by atoms with van der Waals surface area (Å²) >= 11 is 0. The molecule has 6 rings (SSSR count). The number of nitrogens with one attached hydrogen (secondary N) is 2. The van der Waals surface area contributed by atoms with E-state index in [1.165, 1.54) is 10.6 Å². The monoisotopic (exact) mass is 605 g/mol. The number of fused-ring (bicyclic) bond motifs is 1. The van der Waals surface area contributed by atoms with Crippen molar-refractivity contribution in [1.82, 2.24) is 14.5 Å². The third-order valence-electron chi connectivity index (χ3n) is 8.34. The predicted octanol–water partition coefficient (Wildman–Crippen LogP) is 5.47. The van der Waals surface area contributed by atoms with Crippen LogP contribution in [0.5, 0.6) is 11.5 Å². The molecule has 2 amide bonds. The van der Waals surface area contributed by atoms with Crippen LogP contribution in [0.3, 0.4) is 0 Å². The maximum atomic E-state index is 13.6. The summed E-state index contributed by atoms with van der Waals surface area (Å²) in [6.45, 7) is 2.01. The Hall–Kier alpha value is -5.09. The number of benzene rings is 2. The number of para-hydroxylation sites is 1. The van der Waals surface area contributed by atoms with E-state index >= 15 is 0 Å². The van der Waals surface area contributed by atoms with Crippen LogP contribution in [-0.2, 0) is 11.2 Å². The number of likely N-dealkylation sites (tertiary alicyclic amines) is 1. The quantitative estimate of drug-likeness (QED) is 0.273. The summed E-state index contributed by atoms with van der Waals surface area (Å²) in [6, 6.07) is 20.5. The second kappa shape index (κ2) is 13.3. The van der Waals surface area contributed by atoms with Crippen molar-refractivity contribution in [2.75, 3.05) is 30.8 Å². The lowest BCUT2D eigenvalue weighted by atomic mass is 9.92. The smallest absolute Gasteiger partial charge is 0.268 e. The van der Waals surface area contributed by atoms with Gasteiger partial charge in [0, 0.05) is 47.7 Å². The Bertz CT molecular complexity index is 1780. The first-order chi connectivity index (χ1) is 21.8. The summed E-state index contributed by atoms with van der Waals surface area (Å²) in [5.41, 5.74) is 1.54. The molecule has 0 saturated carbocycles. The molecule has 45 heavy (non-hydrogen) atoms. The summed E-state index contributed by atoms with van der Waals surface area (Å²) in [5, 5.41) is 5.65. The summed E-state index contributed by atoms with van der Waals surface area (Å²) in [6.07, 6.45) is 5.68. The molecular weight excluding hydrogens is 570 g/mol. The first kappa shape index (κ1) is 30.0. The van der Waals surface area contributed by atoms with Crippen LogP contribution in [-0.4, -0.2) is 52.2 Å². The van der Waals surface area contributed by atoms with Gasteiger partial charge in [-0.05, 0) is 100 Å². The molecular formula is C35H35N5O5. The summed E-state index contributed by atoms with van der Waals surface area (Å²) < 4.78 is 7.45. The van der Waals surface area contributed by atoms with E-state index < -0.39 is 11.5 Å². The molecule has 0 unspecified atom stereocenters. The molecule has 10 nitrogen and oxygen atoms in total. The number of ether oxygens (including phenoxy) is 1. The second-order valence-corrected chi connectivity index (χ2v) is 11.6. The van der Waals surface area contributed by atoms with E-state index in [1.807, 2.05) is 18.2 Å². The summed E-state index contributed by atoms with van der Waals surface area (Å²) in [5.74, 6) is 1.05. The fraction of sp³-hybridized carbons (Fsp3) is 0.286. The van der Waals surface area contributed by atoms with Crippen LogP contribution < -0.4 is 20.9 Å². The van der Waals surface area contributed by atoms with E-state index in [2.05, 4.69) is 27.6 Å². The van der Waals surface area contributed by atoms with E-state index in [1.54, 1.807) is 54.7 Å². The number of anilines is 2. The molecule has 4 aromatic rings. The maximum Gasteiger partial charge on any atom is 0.268 e. The zero-order valence-electron chi connectivity index (χ0n) is 25.1. The summed E-state index contributed by atoms with van der Waals surface area (Å²) in [7, 11) is 2.10. The van der Waals surface area contributed by atoms with Gasteiger partial charge in [-0.15, -0.1) is 0 Å². The number of pyridine rings is 2. The number of rotatable bonds is 8. The maximum absolute atomic E-state index is 13.6. The van der Waals surface area contributed by atoms with Crippen LogP contribution in [0.25, 0.3) is 5.69 Å². The Morgan fingerprint density at radius 2 is 1.67 bits per heavy atom. The molecule has 3 heterocycles. The lowest BCUT2D eigenvalue weighted by Gasteiger charge is -2.28. The fourth-order valence-corrected chi connectivity index (χ4v) is 5.91. The molecule has 2 aliphatic rings. The number of hydrogen-bond acceptors (Lipinski definition) is 7. The van der Waals surface area contributed by atoms with Gasteiger partial charge in [0.1, 0.15) is 22.9 Å². The summed E-state index contributed by atoms with van der Waals surface area (Å²) in [4.78, 5) is 58.8. The molecule has 2 aromatic carbocycles. The molecule has 2 aromatic heterocycles. The first-order valence-electron chi connectivity index (χ1n) is 15.3. The first-order valence-corrected chi connectivity index (χ1v) is 15.3.